The molecular weight excluding hydrogens is 176 g/mol. The van der Waals surface area contributed by atoms with E-state index >= 15 is 0 Å². The molecular formula is C9H11ClO2. The van der Waals surface area contributed by atoms with Gasteiger partial charge in [-0.1, -0.05) is 17.7 Å². The van der Waals surface area contributed by atoms with Crippen LogP contribution in [-0.2, 0) is 0 Å². The molecule has 1 aromatic rings. The number of aliphatic hydroxyl groups excluding tert-OH is 1. The average Bonchev–Trinajstić information content (AvgIpc) is 2.01. The minimum atomic E-state index is -0.455. The minimum Gasteiger partial charge on any atom is -0.491 e. The summed E-state index contributed by atoms with van der Waals surface area (Å²) in [4.78, 5) is 0. The molecule has 0 aromatic heterocycles. The Hall–Kier alpha value is -0.730. The number of rotatable bonds is 3. The highest BCUT2D eigenvalue weighted by molar-refractivity contribution is 6.30. The van der Waals surface area contributed by atoms with Crippen LogP contribution in [0, 0.1) is 0 Å². The van der Waals surface area contributed by atoms with Gasteiger partial charge in [0.25, 0.3) is 0 Å². The number of aliphatic hydroxyl groups is 1. The van der Waals surface area contributed by atoms with Gasteiger partial charge in [0.15, 0.2) is 0 Å². The second-order valence-corrected chi connectivity index (χ2v) is 3.05. The largest absolute Gasteiger partial charge is 0.491 e. The molecule has 0 spiro atoms. The normalized spacial score (nSPS) is 12.6. The first kappa shape index (κ1) is 9.36. The molecule has 1 rings (SSSR count). The van der Waals surface area contributed by atoms with Crippen LogP contribution >= 0.6 is 11.6 Å². The second-order valence-electron chi connectivity index (χ2n) is 2.62. The van der Waals surface area contributed by atoms with Crippen LogP contribution in [0.1, 0.15) is 6.92 Å². The highest BCUT2D eigenvalue weighted by atomic mass is 35.5. The maximum Gasteiger partial charge on any atom is 0.120 e. The third kappa shape index (κ3) is 3.11. The highest BCUT2D eigenvalue weighted by Crippen LogP contribution is 2.16. The van der Waals surface area contributed by atoms with Gasteiger partial charge in [0.1, 0.15) is 12.4 Å². The van der Waals surface area contributed by atoms with Crippen molar-refractivity contribution < 1.29 is 9.84 Å². The Morgan fingerprint density at radius 2 is 2.33 bits per heavy atom. The summed E-state index contributed by atoms with van der Waals surface area (Å²) < 4.78 is 5.21. The average molecular weight is 187 g/mol. The van der Waals surface area contributed by atoms with E-state index in [1.165, 1.54) is 0 Å². The molecule has 0 aliphatic carbocycles. The zero-order valence-electron chi connectivity index (χ0n) is 6.83. The SMILES string of the molecule is C[C@H](O)COc1cccc(Cl)c1. The van der Waals surface area contributed by atoms with Crippen molar-refractivity contribution in [1.29, 1.82) is 0 Å². The molecule has 12 heavy (non-hydrogen) atoms. The van der Waals surface area contributed by atoms with Gasteiger partial charge >= 0.3 is 0 Å². The van der Waals surface area contributed by atoms with Gasteiger partial charge in [-0.25, -0.2) is 0 Å². The van der Waals surface area contributed by atoms with E-state index < -0.39 is 6.10 Å². The molecule has 0 saturated heterocycles. The summed E-state index contributed by atoms with van der Waals surface area (Å²) in [7, 11) is 0. The van der Waals surface area contributed by atoms with Gasteiger partial charge in [0, 0.05) is 5.02 Å². The molecule has 0 heterocycles. The fourth-order valence-electron chi connectivity index (χ4n) is 0.774. The molecule has 0 unspecified atom stereocenters. The zero-order valence-corrected chi connectivity index (χ0v) is 7.58. The molecule has 0 fully saturated rings. The monoisotopic (exact) mass is 186 g/mol. The Morgan fingerprint density at radius 3 is 2.92 bits per heavy atom. The predicted molar refractivity (Wildman–Crippen MR) is 48.6 cm³/mol. The molecule has 66 valence electrons. The third-order valence-electron chi connectivity index (χ3n) is 1.29. The van der Waals surface area contributed by atoms with Crippen LogP contribution in [-0.4, -0.2) is 17.8 Å². The maximum atomic E-state index is 8.92. The van der Waals surface area contributed by atoms with Gasteiger partial charge in [-0.2, -0.15) is 0 Å². The molecule has 3 heteroatoms. The standard InChI is InChI=1S/C9H11ClO2/c1-7(11)6-12-9-4-2-3-8(10)5-9/h2-5,7,11H,6H2,1H3/t7-/m0/s1. The van der Waals surface area contributed by atoms with Gasteiger partial charge in [-0.3, -0.25) is 0 Å². The van der Waals surface area contributed by atoms with Crippen molar-refractivity contribution in [3.63, 3.8) is 0 Å². The molecule has 1 aromatic carbocycles. The fourth-order valence-corrected chi connectivity index (χ4v) is 0.954. The molecule has 0 aliphatic rings. The summed E-state index contributed by atoms with van der Waals surface area (Å²) >= 11 is 5.72. The molecule has 0 bridgehead atoms. The molecule has 0 saturated carbocycles. The lowest BCUT2D eigenvalue weighted by Gasteiger charge is -2.07. The summed E-state index contributed by atoms with van der Waals surface area (Å²) in [5.41, 5.74) is 0. The van der Waals surface area contributed by atoms with Crippen molar-refractivity contribution in [2.45, 2.75) is 13.0 Å². The predicted octanol–water partition coefficient (Wildman–Crippen LogP) is 2.10. The Morgan fingerprint density at radius 1 is 1.58 bits per heavy atom. The molecule has 1 N–H and O–H groups in total. The van der Waals surface area contributed by atoms with Crippen molar-refractivity contribution in [2.24, 2.45) is 0 Å². The Kier molecular flexibility index (Phi) is 3.38. The number of hydrogen-bond donors (Lipinski definition) is 1. The van der Waals surface area contributed by atoms with Crippen LogP contribution in [0.25, 0.3) is 0 Å². The lowest BCUT2D eigenvalue weighted by atomic mass is 10.3. The van der Waals surface area contributed by atoms with E-state index in [1.807, 2.05) is 0 Å². The van der Waals surface area contributed by atoms with E-state index in [0.29, 0.717) is 17.4 Å². The number of benzene rings is 1. The topological polar surface area (TPSA) is 29.5 Å². The van der Waals surface area contributed by atoms with Crippen molar-refractivity contribution in [2.75, 3.05) is 6.61 Å². The van der Waals surface area contributed by atoms with Gasteiger partial charge in [-0.05, 0) is 25.1 Å². The Bertz CT molecular complexity index is 248. The minimum absolute atomic E-state index is 0.292. The second kappa shape index (κ2) is 4.33. The van der Waals surface area contributed by atoms with E-state index in [-0.39, 0.29) is 0 Å². The van der Waals surface area contributed by atoms with E-state index in [9.17, 15) is 0 Å². The lowest BCUT2D eigenvalue weighted by molar-refractivity contribution is 0.123. The van der Waals surface area contributed by atoms with Gasteiger partial charge in [0.05, 0.1) is 6.10 Å². The summed E-state index contributed by atoms with van der Waals surface area (Å²) in [6.45, 7) is 1.96. The van der Waals surface area contributed by atoms with E-state index in [2.05, 4.69) is 0 Å². The first-order chi connectivity index (χ1) is 5.68. The molecule has 2 nitrogen and oxygen atoms in total. The van der Waals surface area contributed by atoms with E-state index in [0.717, 1.165) is 0 Å². The first-order valence-electron chi connectivity index (χ1n) is 3.75. The summed E-state index contributed by atoms with van der Waals surface area (Å²) in [5.74, 6) is 0.684. The van der Waals surface area contributed by atoms with E-state index in [1.54, 1.807) is 31.2 Å². The van der Waals surface area contributed by atoms with Gasteiger partial charge in [-0.15, -0.1) is 0 Å². The molecule has 1 atom stereocenters. The third-order valence-corrected chi connectivity index (χ3v) is 1.52. The Balaban J connectivity index is 2.52. The smallest absolute Gasteiger partial charge is 0.120 e. The van der Waals surface area contributed by atoms with Crippen LogP contribution in [0.15, 0.2) is 24.3 Å². The van der Waals surface area contributed by atoms with Crippen LogP contribution in [0.2, 0.25) is 5.02 Å². The first-order valence-corrected chi connectivity index (χ1v) is 4.12. The Labute approximate surface area is 76.7 Å². The van der Waals surface area contributed by atoms with Gasteiger partial charge in [0.2, 0.25) is 0 Å². The summed E-state index contributed by atoms with van der Waals surface area (Å²) in [5, 5.41) is 9.56. The van der Waals surface area contributed by atoms with Crippen LogP contribution in [0.4, 0.5) is 0 Å². The number of ether oxygens (including phenoxy) is 1. The quantitative estimate of drug-likeness (QED) is 0.784. The van der Waals surface area contributed by atoms with Crippen molar-refractivity contribution in [1.82, 2.24) is 0 Å². The maximum absolute atomic E-state index is 8.92. The van der Waals surface area contributed by atoms with Crippen LogP contribution in [0.5, 0.6) is 5.75 Å². The molecule has 0 amide bonds. The molecule has 0 radical (unpaired) electrons. The van der Waals surface area contributed by atoms with Gasteiger partial charge < -0.3 is 9.84 Å². The summed E-state index contributed by atoms with van der Waals surface area (Å²) in [6, 6.07) is 7.09. The zero-order chi connectivity index (χ0) is 8.97. The van der Waals surface area contributed by atoms with Crippen LogP contribution < -0.4 is 4.74 Å². The van der Waals surface area contributed by atoms with Crippen molar-refractivity contribution in [3.8, 4) is 5.75 Å². The molecule has 0 aliphatic heterocycles. The number of halogens is 1. The van der Waals surface area contributed by atoms with Crippen molar-refractivity contribution in [3.05, 3.63) is 29.3 Å². The highest BCUT2D eigenvalue weighted by Gasteiger charge is 1.97. The van der Waals surface area contributed by atoms with Crippen molar-refractivity contribution >= 4 is 11.6 Å². The lowest BCUT2D eigenvalue weighted by Crippen LogP contribution is -2.12. The van der Waals surface area contributed by atoms with E-state index in [4.69, 9.17) is 21.4 Å². The number of hydrogen-bond acceptors (Lipinski definition) is 2. The summed E-state index contributed by atoms with van der Waals surface area (Å²) in [6.07, 6.45) is -0.455. The fraction of sp³-hybridized carbons (Fsp3) is 0.333. The van der Waals surface area contributed by atoms with Crippen LogP contribution in [0.3, 0.4) is 0 Å².